The number of ether oxygens (including phenoxy) is 2. The van der Waals surface area contributed by atoms with Gasteiger partial charge in [0.05, 0.1) is 13.7 Å². The van der Waals surface area contributed by atoms with E-state index in [9.17, 15) is 15.0 Å². The van der Waals surface area contributed by atoms with Crippen molar-refractivity contribution < 1.29 is 24.5 Å². The lowest BCUT2D eigenvalue weighted by Gasteiger charge is -2.43. The second-order valence-electron chi connectivity index (χ2n) is 7.14. The Bertz CT molecular complexity index is 854. The third-order valence-electron chi connectivity index (χ3n) is 5.51. The number of carboxylic acid groups (broad SMARTS) is 1. The van der Waals surface area contributed by atoms with Crippen molar-refractivity contribution in [1.82, 2.24) is 4.90 Å². The third kappa shape index (κ3) is 3.42. The van der Waals surface area contributed by atoms with E-state index in [2.05, 4.69) is 4.90 Å². The molecule has 144 valence electrons. The Hall–Kier alpha value is -2.09. The molecule has 0 bridgehead atoms. The molecule has 6 nitrogen and oxygen atoms in total. The van der Waals surface area contributed by atoms with E-state index in [0.717, 1.165) is 54.1 Å². The molecule has 7 heteroatoms. The number of fused-ring (bicyclic) bond motifs is 2. The van der Waals surface area contributed by atoms with Crippen molar-refractivity contribution in [2.45, 2.75) is 31.4 Å². The van der Waals surface area contributed by atoms with Crippen LogP contribution in [0.3, 0.4) is 0 Å². The van der Waals surface area contributed by atoms with Gasteiger partial charge in [0.1, 0.15) is 22.0 Å². The number of likely N-dealkylation sites (tertiary alicyclic amines) is 1. The standard InChI is InChI=1S/C20H23NO5S/c1-25-16-3-2-15(22)10-14(16)12-21-7-5-20(6-8-21)18-13(4-9-26-20)11-17(27-18)19(23)24/h2-3,10-11,22H,4-9,12H2,1H3,(H,23,24). The average Bonchev–Trinajstić information content (AvgIpc) is 3.10. The highest BCUT2D eigenvalue weighted by Gasteiger charge is 2.42. The summed E-state index contributed by atoms with van der Waals surface area (Å²) in [6.45, 7) is 3.03. The maximum absolute atomic E-state index is 11.4. The van der Waals surface area contributed by atoms with Crippen LogP contribution in [0, 0.1) is 0 Å². The molecule has 2 aromatic rings. The first-order valence-electron chi connectivity index (χ1n) is 9.09. The number of hydrogen-bond donors (Lipinski definition) is 2. The van der Waals surface area contributed by atoms with Gasteiger partial charge in [-0.1, -0.05) is 0 Å². The first-order valence-corrected chi connectivity index (χ1v) is 9.91. The monoisotopic (exact) mass is 389 g/mol. The lowest BCUT2D eigenvalue weighted by Crippen LogP contribution is -2.45. The molecule has 2 aliphatic rings. The Labute approximate surface area is 162 Å². The molecule has 3 heterocycles. The molecule has 0 atom stereocenters. The normalized spacial score (nSPS) is 19.0. The van der Waals surface area contributed by atoms with Crippen LogP contribution in [0.25, 0.3) is 0 Å². The highest BCUT2D eigenvalue weighted by atomic mass is 32.1. The molecule has 1 fully saturated rings. The van der Waals surface area contributed by atoms with Gasteiger partial charge in [-0.15, -0.1) is 11.3 Å². The van der Waals surface area contributed by atoms with Gasteiger partial charge in [0, 0.05) is 30.1 Å². The quantitative estimate of drug-likeness (QED) is 0.836. The number of phenols is 1. The molecule has 0 saturated carbocycles. The van der Waals surface area contributed by atoms with Gasteiger partial charge in [-0.2, -0.15) is 0 Å². The summed E-state index contributed by atoms with van der Waals surface area (Å²) in [6.07, 6.45) is 2.45. The van der Waals surface area contributed by atoms with Crippen LogP contribution in [-0.2, 0) is 23.3 Å². The van der Waals surface area contributed by atoms with Crippen LogP contribution in [0.1, 0.15) is 38.5 Å². The van der Waals surface area contributed by atoms with E-state index in [4.69, 9.17) is 9.47 Å². The maximum Gasteiger partial charge on any atom is 0.345 e. The molecule has 2 N–H and O–H groups in total. The number of rotatable bonds is 4. The summed E-state index contributed by atoms with van der Waals surface area (Å²) in [4.78, 5) is 15.2. The van der Waals surface area contributed by atoms with Crippen molar-refractivity contribution in [3.8, 4) is 11.5 Å². The van der Waals surface area contributed by atoms with Crippen molar-refractivity contribution in [3.05, 3.63) is 45.1 Å². The van der Waals surface area contributed by atoms with E-state index in [1.165, 1.54) is 11.3 Å². The summed E-state index contributed by atoms with van der Waals surface area (Å²) in [7, 11) is 1.63. The molecule has 0 radical (unpaired) electrons. The molecule has 2 aliphatic heterocycles. The average molecular weight is 389 g/mol. The highest BCUT2D eigenvalue weighted by Crippen LogP contribution is 2.45. The van der Waals surface area contributed by atoms with Crippen LogP contribution >= 0.6 is 11.3 Å². The molecular formula is C20H23NO5S. The number of phenolic OH excluding ortho intramolecular Hbond substituents is 1. The SMILES string of the molecule is COc1ccc(O)cc1CN1CCC2(CC1)OCCc1cc(C(=O)O)sc12. The van der Waals surface area contributed by atoms with E-state index in [1.54, 1.807) is 25.3 Å². The molecular weight excluding hydrogens is 366 g/mol. The van der Waals surface area contributed by atoms with E-state index in [1.807, 2.05) is 6.07 Å². The van der Waals surface area contributed by atoms with Gasteiger partial charge < -0.3 is 19.7 Å². The van der Waals surface area contributed by atoms with Crippen LogP contribution in [0.15, 0.2) is 24.3 Å². The maximum atomic E-state index is 11.4. The van der Waals surface area contributed by atoms with Gasteiger partial charge in [-0.25, -0.2) is 4.79 Å². The topological polar surface area (TPSA) is 79.2 Å². The number of carbonyl (C=O) groups is 1. The second-order valence-corrected chi connectivity index (χ2v) is 8.19. The van der Waals surface area contributed by atoms with E-state index in [-0.39, 0.29) is 11.4 Å². The fourth-order valence-electron chi connectivity index (χ4n) is 4.10. The summed E-state index contributed by atoms with van der Waals surface area (Å²) in [5.74, 6) is 0.144. The number of benzene rings is 1. The van der Waals surface area contributed by atoms with E-state index in [0.29, 0.717) is 18.0 Å². The Morgan fingerprint density at radius 2 is 2.11 bits per heavy atom. The first-order chi connectivity index (χ1) is 13.0. The largest absolute Gasteiger partial charge is 0.508 e. The number of aromatic carboxylic acids is 1. The van der Waals surface area contributed by atoms with Gasteiger partial charge in [-0.3, -0.25) is 4.90 Å². The molecule has 0 amide bonds. The predicted molar refractivity (Wildman–Crippen MR) is 102 cm³/mol. The molecule has 1 aromatic carbocycles. The van der Waals surface area contributed by atoms with Crippen LogP contribution < -0.4 is 4.74 Å². The minimum absolute atomic E-state index is 0.235. The molecule has 1 aromatic heterocycles. The van der Waals surface area contributed by atoms with Gasteiger partial charge in [0.15, 0.2) is 0 Å². The van der Waals surface area contributed by atoms with E-state index < -0.39 is 5.97 Å². The minimum atomic E-state index is -0.863. The summed E-state index contributed by atoms with van der Waals surface area (Å²) in [6, 6.07) is 6.97. The van der Waals surface area contributed by atoms with Gasteiger partial charge in [0.2, 0.25) is 0 Å². The van der Waals surface area contributed by atoms with Crippen molar-refractivity contribution in [3.63, 3.8) is 0 Å². The number of carboxylic acids is 1. The molecule has 1 saturated heterocycles. The lowest BCUT2D eigenvalue weighted by molar-refractivity contribution is -0.0961. The molecule has 0 unspecified atom stereocenters. The third-order valence-corrected chi connectivity index (χ3v) is 6.86. The lowest BCUT2D eigenvalue weighted by atomic mass is 9.85. The number of piperidine rings is 1. The fraction of sp³-hybridized carbons (Fsp3) is 0.450. The van der Waals surface area contributed by atoms with Crippen molar-refractivity contribution >= 4 is 17.3 Å². The van der Waals surface area contributed by atoms with Crippen LogP contribution in [-0.4, -0.2) is 47.9 Å². The summed E-state index contributed by atoms with van der Waals surface area (Å²) in [5, 5.41) is 19.1. The highest BCUT2D eigenvalue weighted by molar-refractivity contribution is 7.14. The zero-order valence-electron chi connectivity index (χ0n) is 15.2. The number of nitrogens with zero attached hydrogens (tertiary/aromatic N) is 1. The van der Waals surface area contributed by atoms with Gasteiger partial charge in [-0.05, 0) is 49.1 Å². The Kier molecular flexibility index (Phi) is 4.84. The zero-order chi connectivity index (χ0) is 19.0. The molecule has 0 aliphatic carbocycles. The molecule has 27 heavy (non-hydrogen) atoms. The Balaban J connectivity index is 1.50. The van der Waals surface area contributed by atoms with Crippen LogP contribution in [0.4, 0.5) is 0 Å². The van der Waals surface area contributed by atoms with E-state index >= 15 is 0 Å². The summed E-state index contributed by atoms with van der Waals surface area (Å²) in [5.41, 5.74) is 1.74. The van der Waals surface area contributed by atoms with Crippen molar-refractivity contribution in [1.29, 1.82) is 0 Å². The van der Waals surface area contributed by atoms with Crippen molar-refractivity contribution in [2.75, 3.05) is 26.8 Å². The zero-order valence-corrected chi connectivity index (χ0v) is 16.1. The van der Waals surface area contributed by atoms with Crippen molar-refractivity contribution in [2.24, 2.45) is 0 Å². The smallest absolute Gasteiger partial charge is 0.345 e. The summed E-state index contributed by atoms with van der Waals surface area (Å²) >= 11 is 1.37. The number of hydrogen-bond acceptors (Lipinski definition) is 6. The van der Waals surface area contributed by atoms with Crippen LogP contribution in [0.5, 0.6) is 11.5 Å². The fourth-order valence-corrected chi connectivity index (χ4v) is 5.35. The van der Waals surface area contributed by atoms with Crippen LogP contribution in [0.2, 0.25) is 0 Å². The van der Waals surface area contributed by atoms with Gasteiger partial charge >= 0.3 is 5.97 Å². The number of aromatic hydroxyl groups is 1. The number of thiophene rings is 1. The van der Waals surface area contributed by atoms with Gasteiger partial charge in [0.25, 0.3) is 0 Å². The predicted octanol–water partition coefficient (Wildman–Crippen LogP) is 3.22. The molecule has 4 rings (SSSR count). The Morgan fingerprint density at radius 3 is 2.81 bits per heavy atom. The molecule has 1 spiro atoms. The minimum Gasteiger partial charge on any atom is -0.508 e. The second kappa shape index (κ2) is 7.14. The summed E-state index contributed by atoms with van der Waals surface area (Å²) < 4.78 is 11.6. The first kappa shape index (κ1) is 18.3. The number of methoxy groups -OCH3 is 1. The Morgan fingerprint density at radius 1 is 1.33 bits per heavy atom.